The Morgan fingerprint density at radius 2 is 0.825 bits per heavy atom. The van der Waals surface area contributed by atoms with Crippen LogP contribution in [0.5, 0.6) is 0 Å². The molecule has 1 heterocycles. The van der Waals surface area contributed by atoms with E-state index in [2.05, 4.69) is 0 Å². The number of hydrogen-bond donors (Lipinski definition) is 0. The zero-order chi connectivity index (χ0) is 52.9. The maximum Gasteiger partial charge on any atom is 0.136 e. The molecule has 0 aliphatic heterocycles. The van der Waals surface area contributed by atoms with Crippen molar-refractivity contribution >= 4 is 86.6 Å². The predicted octanol–water partition coefficient (Wildman–Crippen LogP) is 16.0. The summed E-state index contributed by atoms with van der Waals surface area (Å²) in [7, 11) is 0. The average molecular weight is 739 g/mol. The van der Waals surface area contributed by atoms with Gasteiger partial charge in [-0.1, -0.05) is 169 Å². The molecule has 0 radical (unpaired) electrons. The minimum Gasteiger partial charge on any atom is -0.456 e. The molecular weight excluding hydrogens is 689 g/mol. The van der Waals surface area contributed by atoms with E-state index in [9.17, 15) is 13.7 Å². The standard InChI is InChI=1S/C56H32O/c1-2-9-33(10-3-1)53-47(42-28-24-39-22-20-35-12-7-14-37-26-30-45(42)55(39)52(35)37)31-40(32-48(53)43-16-8-18-50-56(43)46-15-4-5-17-49(46)57-50)41-27-23-38-21-19-34-11-6-13-36-25-29-44(41)54(38)51(34)36/h1-32H/i6D,7D,11D,12D,13D,14D,19D,20D,21D,22D,23D,24D,25D,26D,27D,28D,29D,30D. The Hall–Kier alpha value is -7.48. The minimum absolute atomic E-state index is 0.0388. The van der Waals surface area contributed by atoms with Gasteiger partial charge in [0, 0.05) is 10.8 Å². The molecule has 0 saturated carbocycles. The molecule has 0 atom stereocenters. The van der Waals surface area contributed by atoms with E-state index in [0.29, 0.717) is 44.2 Å². The lowest BCUT2D eigenvalue weighted by atomic mass is 9.81. The topological polar surface area (TPSA) is 13.1 Å². The molecule has 13 aromatic rings. The van der Waals surface area contributed by atoms with E-state index in [1.165, 1.54) is 0 Å². The summed E-state index contributed by atoms with van der Waals surface area (Å²) in [5.41, 5.74) is 2.88. The summed E-state index contributed by atoms with van der Waals surface area (Å²) >= 11 is 0. The van der Waals surface area contributed by atoms with Crippen LogP contribution in [-0.2, 0) is 0 Å². The van der Waals surface area contributed by atoms with Gasteiger partial charge >= 0.3 is 0 Å². The fourth-order valence-electron chi connectivity index (χ4n) is 8.65. The number of rotatable bonds is 4. The monoisotopic (exact) mass is 738 g/mol. The summed E-state index contributed by atoms with van der Waals surface area (Å²) in [5.74, 6) is 0. The summed E-state index contributed by atoms with van der Waals surface area (Å²) in [6, 6.07) is 15.0. The van der Waals surface area contributed by atoms with Crippen LogP contribution in [0.2, 0.25) is 0 Å². The molecule has 0 fully saturated rings. The first-order chi connectivity index (χ1) is 35.8. The van der Waals surface area contributed by atoms with Crippen molar-refractivity contribution in [2.45, 2.75) is 0 Å². The molecule has 0 N–H and O–H groups in total. The molecule has 57 heavy (non-hydrogen) atoms. The smallest absolute Gasteiger partial charge is 0.136 e. The van der Waals surface area contributed by atoms with Crippen LogP contribution in [0.1, 0.15) is 24.7 Å². The van der Waals surface area contributed by atoms with Crippen LogP contribution >= 0.6 is 0 Å². The summed E-state index contributed by atoms with van der Waals surface area (Å²) in [4.78, 5) is 0. The number of fused-ring (bicyclic) bond motifs is 3. The van der Waals surface area contributed by atoms with Gasteiger partial charge in [0.15, 0.2) is 0 Å². The molecule has 0 spiro atoms. The van der Waals surface area contributed by atoms with Crippen molar-refractivity contribution in [3.05, 3.63) is 194 Å². The van der Waals surface area contributed by atoms with Gasteiger partial charge in [-0.25, -0.2) is 0 Å². The van der Waals surface area contributed by atoms with Crippen LogP contribution in [0, 0.1) is 0 Å². The maximum absolute atomic E-state index is 10.0. The Balaban J connectivity index is 1.32. The number of benzene rings is 12. The second kappa shape index (κ2) is 11.5. The number of para-hydroxylation sites is 1. The van der Waals surface area contributed by atoms with Crippen LogP contribution in [0.25, 0.3) is 131 Å². The van der Waals surface area contributed by atoms with E-state index < -0.39 is 109 Å². The Morgan fingerprint density at radius 1 is 0.316 bits per heavy atom. The molecule has 0 aliphatic rings. The van der Waals surface area contributed by atoms with Gasteiger partial charge in [-0.3, -0.25) is 0 Å². The highest BCUT2D eigenvalue weighted by Gasteiger charge is 2.23. The third-order valence-corrected chi connectivity index (χ3v) is 11.1. The minimum atomic E-state index is -0.619. The molecule has 0 saturated heterocycles. The summed E-state index contributed by atoms with van der Waals surface area (Å²) in [5, 5.41) is -0.531. The van der Waals surface area contributed by atoms with Crippen molar-refractivity contribution < 1.29 is 29.1 Å². The van der Waals surface area contributed by atoms with E-state index in [1.54, 1.807) is 42.5 Å². The predicted molar refractivity (Wildman–Crippen MR) is 243 cm³/mol. The molecule has 0 unspecified atom stereocenters. The molecular formula is C56H32O. The van der Waals surface area contributed by atoms with Crippen LogP contribution in [-0.4, -0.2) is 0 Å². The average Bonchev–Trinajstić information content (AvgIpc) is 3.89. The first-order valence-electron chi connectivity index (χ1n) is 27.3. The first kappa shape index (κ1) is 18.4. The molecule has 1 nitrogen and oxygen atoms in total. The van der Waals surface area contributed by atoms with Gasteiger partial charge in [0.2, 0.25) is 0 Å². The highest BCUT2D eigenvalue weighted by Crippen LogP contribution is 2.50. The van der Waals surface area contributed by atoms with Crippen LogP contribution in [0.4, 0.5) is 0 Å². The molecule has 12 aromatic carbocycles. The van der Waals surface area contributed by atoms with Gasteiger partial charge in [-0.2, -0.15) is 0 Å². The van der Waals surface area contributed by atoms with Gasteiger partial charge in [0.1, 0.15) is 11.2 Å². The van der Waals surface area contributed by atoms with Crippen molar-refractivity contribution in [1.82, 2.24) is 0 Å². The van der Waals surface area contributed by atoms with E-state index >= 15 is 0 Å². The Kier molecular flexibility index (Phi) is 3.73. The van der Waals surface area contributed by atoms with Gasteiger partial charge in [-0.15, -0.1) is 0 Å². The lowest BCUT2D eigenvalue weighted by Gasteiger charge is -2.22. The number of furan rings is 1. The van der Waals surface area contributed by atoms with Crippen LogP contribution in [0.15, 0.2) is 198 Å². The fraction of sp³-hybridized carbons (Fsp3) is 0. The SMILES string of the molecule is [2H]c1c([2H])c2c([2H])c([2H])c3c([2H])c([2H])c(-c4cc(-c5c([2H])c([2H])c6c([2H])c([2H])c7c([2H])c([2H])c([2H])c8c([2H])c([2H])c5c6c78)c(-c5ccccc5)c(-c5cccc6oc7ccccc7c56)c4)c4c([2H])c([2H])c(c1[2H])c2c34. The zero-order valence-electron chi connectivity index (χ0n) is 47.5. The lowest BCUT2D eigenvalue weighted by Crippen LogP contribution is -1.95. The van der Waals surface area contributed by atoms with Gasteiger partial charge in [0.25, 0.3) is 0 Å². The van der Waals surface area contributed by atoms with E-state index in [-0.39, 0.29) is 86.9 Å². The van der Waals surface area contributed by atoms with E-state index in [4.69, 9.17) is 15.4 Å². The second-order valence-electron chi connectivity index (χ2n) is 14.1. The quantitative estimate of drug-likeness (QED) is 0.164. The zero-order valence-corrected chi connectivity index (χ0v) is 29.5. The highest BCUT2D eigenvalue weighted by molar-refractivity contribution is 6.28. The summed E-state index contributed by atoms with van der Waals surface area (Å²) < 4.78 is 174. The third-order valence-electron chi connectivity index (χ3n) is 11.1. The fourth-order valence-corrected chi connectivity index (χ4v) is 8.65. The van der Waals surface area contributed by atoms with Crippen molar-refractivity contribution in [3.8, 4) is 44.5 Å². The van der Waals surface area contributed by atoms with Crippen LogP contribution in [0.3, 0.4) is 0 Å². The van der Waals surface area contributed by atoms with Gasteiger partial charge in [-0.05, 0) is 133 Å². The van der Waals surface area contributed by atoms with Crippen molar-refractivity contribution in [3.63, 3.8) is 0 Å². The second-order valence-corrected chi connectivity index (χ2v) is 14.1. The lowest BCUT2D eigenvalue weighted by molar-refractivity contribution is 0.669. The molecule has 262 valence electrons. The highest BCUT2D eigenvalue weighted by atomic mass is 16.3. The largest absolute Gasteiger partial charge is 0.456 e. The molecule has 13 rings (SSSR count). The Labute approximate surface area is 353 Å². The van der Waals surface area contributed by atoms with Crippen molar-refractivity contribution in [1.29, 1.82) is 0 Å². The molecule has 1 aromatic heterocycles. The Bertz CT molecular complexity index is 4750. The third kappa shape index (κ3) is 4.34. The van der Waals surface area contributed by atoms with E-state index in [0.717, 1.165) is 0 Å². The summed E-state index contributed by atoms with van der Waals surface area (Å²) in [6.45, 7) is 0. The maximum atomic E-state index is 10.0. The molecule has 0 amide bonds. The van der Waals surface area contributed by atoms with Crippen molar-refractivity contribution in [2.24, 2.45) is 0 Å². The Morgan fingerprint density at radius 3 is 1.49 bits per heavy atom. The van der Waals surface area contributed by atoms with Gasteiger partial charge < -0.3 is 4.42 Å². The number of hydrogen-bond acceptors (Lipinski definition) is 1. The normalized spacial score (nSPS) is 16.6. The molecule has 1 heteroatoms. The van der Waals surface area contributed by atoms with Crippen LogP contribution < -0.4 is 0 Å². The van der Waals surface area contributed by atoms with Gasteiger partial charge in [0.05, 0.1) is 24.7 Å². The summed E-state index contributed by atoms with van der Waals surface area (Å²) in [6.07, 6.45) is 0. The first-order valence-corrected chi connectivity index (χ1v) is 18.3. The molecule has 0 aliphatic carbocycles. The van der Waals surface area contributed by atoms with E-state index in [1.807, 2.05) is 42.5 Å². The van der Waals surface area contributed by atoms with Crippen molar-refractivity contribution in [2.75, 3.05) is 0 Å². The molecule has 0 bridgehead atoms.